The normalized spacial score (nSPS) is 27.3. The van der Waals surface area contributed by atoms with Gasteiger partial charge in [-0.15, -0.1) is 0 Å². The predicted molar refractivity (Wildman–Crippen MR) is 154 cm³/mol. The van der Waals surface area contributed by atoms with Crippen LogP contribution in [-0.2, 0) is 20.8 Å². The Labute approximate surface area is 252 Å². The maximum atomic E-state index is 14.8. The Morgan fingerprint density at radius 2 is 1.51 bits per heavy atom. The maximum Gasteiger partial charge on any atom is 0.332 e. The number of hydrogen-bond acceptors (Lipinski definition) is 4. The number of likely N-dealkylation sites (tertiary alicyclic amines) is 1. The number of benzene rings is 3. The van der Waals surface area contributed by atoms with E-state index >= 15 is 0 Å². The molecule has 4 atom stereocenters. The van der Waals surface area contributed by atoms with Gasteiger partial charge < -0.3 is 4.90 Å². The van der Waals surface area contributed by atoms with Gasteiger partial charge in [0.15, 0.2) is 0 Å². The van der Waals surface area contributed by atoms with E-state index in [1.165, 1.54) is 52.3 Å². The predicted octanol–water partition coefficient (Wildman–Crippen LogP) is 6.06. The number of fused-ring (bicyclic) bond motifs is 3. The minimum atomic E-state index is -1.79. The monoisotopic (exact) mass is 603 g/mol. The fourth-order valence-electron chi connectivity index (χ4n) is 7.75. The van der Waals surface area contributed by atoms with Crippen molar-refractivity contribution < 1.29 is 28.0 Å². The number of anilines is 1. The van der Waals surface area contributed by atoms with Crippen molar-refractivity contribution in [3.05, 3.63) is 101 Å². The fourth-order valence-corrected chi connectivity index (χ4v) is 7.88. The zero-order chi connectivity index (χ0) is 30.0. The lowest BCUT2D eigenvalue weighted by Crippen LogP contribution is -2.56. The summed E-state index contributed by atoms with van der Waals surface area (Å²) in [6.07, 6.45) is 4.05. The van der Waals surface area contributed by atoms with E-state index in [2.05, 4.69) is 0 Å². The first kappa shape index (κ1) is 27.7. The van der Waals surface area contributed by atoms with Gasteiger partial charge in [0.1, 0.15) is 17.2 Å². The molecule has 10 heteroatoms. The standard InChI is InChI=1S/C33H28ClF2N3O4/c34-21-13-9-19(10-14-21)18-33-27-26(29(40)37(30(27)41)24-6-2-1-3-7-24)28(20-11-15-22(35)16-12-20)39(33)32(43)38(31(33)42)25-8-4-5-23(36)17-25/h4-5,8-17,24,26-28H,1-3,6-7,18H2/t26?,27?,28?,33-/m1/s1. The van der Waals surface area contributed by atoms with Gasteiger partial charge in [-0.2, -0.15) is 0 Å². The molecule has 1 aliphatic carbocycles. The van der Waals surface area contributed by atoms with Crippen LogP contribution in [0.15, 0.2) is 72.8 Å². The van der Waals surface area contributed by atoms with Crippen molar-refractivity contribution in [1.29, 1.82) is 0 Å². The number of hydrogen-bond donors (Lipinski definition) is 0. The number of amides is 5. The SMILES string of the molecule is O=C1C2C(c3ccc(F)cc3)N3C(=O)N(c4cccc(F)c4)C(=O)[C@@]3(Cc3ccc(Cl)cc3)C2C(=O)N1C1CCCCC1. The van der Waals surface area contributed by atoms with E-state index in [0.29, 0.717) is 29.0 Å². The summed E-state index contributed by atoms with van der Waals surface area (Å²) in [5.74, 6) is -4.98. The Bertz CT molecular complexity index is 1640. The van der Waals surface area contributed by atoms with E-state index in [9.17, 15) is 28.0 Å². The van der Waals surface area contributed by atoms with Gasteiger partial charge in [-0.25, -0.2) is 18.5 Å². The number of urea groups is 1. The lowest BCUT2D eigenvalue weighted by molar-refractivity contribution is -0.147. The molecule has 5 amide bonds. The molecule has 7 rings (SSSR count). The highest BCUT2D eigenvalue weighted by Gasteiger charge is 2.77. The largest absolute Gasteiger partial charge is 0.332 e. The molecule has 0 spiro atoms. The summed E-state index contributed by atoms with van der Waals surface area (Å²) in [5.41, 5.74) is -0.707. The molecule has 0 aromatic heterocycles. The molecule has 3 aliphatic heterocycles. The Morgan fingerprint density at radius 3 is 2.19 bits per heavy atom. The number of carbonyl (C=O) groups excluding carboxylic acids is 4. The van der Waals surface area contributed by atoms with Crippen LogP contribution in [0.3, 0.4) is 0 Å². The third kappa shape index (κ3) is 4.12. The van der Waals surface area contributed by atoms with E-state index in [1.54, 1.807) is 24.3 Å². The van der Waals surface area contributed by atoms with Crippen LogP contribution in [0.1, 0.15) is 49.3 Å². The second-order valence-electron chi connectivity index (χ2n) is 11.8. The van der Waals surface area contributed by atoms with Crippen molar-refractivity contribution in [2.24, 2.45) is 11.8 Å². The van der Waals surface area contributed by atoms with Crippen molar-refractivity contribution in [1.82, 2.24) is 9.80 Å². The van der Waals surface area contributed by atoms with Crippen molar-refractivity contribution in [3.8, 4) is 0 Å². The number of halogens is 3. The van der Waals surface area contributed by atoms with Crippen LogP contribution in [-0.4, -0.2) is 45.1 Å². The van der Waals surface area contributed by atoms with Crippen LogP contribution in [0.25, 0.3) is 0 Å². The van der Waals surface area contributed by atoms with Gasteiger partial charge in [-0.1, -0.05) is 61.2 Å². The first-order chi connectivity index (χ1) is 20.7. The molecule has 0 radical (unpaired) electrons. The molecular formula is C33H28ClF2N3O4. The molecule has 3 aromatic rings. The van der Waals surface area contributed by atoms with Gasteiger partial charge in [-0.3, -0.25) is 19.3 Å². The second kappa shape index (κ2) is 10.3. The lowest BCUT2D eigenvalue weighted by atomic mass is 9.75. The zero-order valence-electron chi connectivity index (χ0n) is 23.1. The zero-order valence-corrected chi connectivity index (χ0v) is 23.8. The number of rotatable bonds is 5. The number of carbonyl (C=O) groups is 4. The van der Waals surface area contributed by atoms with Crippen molar-refractivity contribution >= 4 is 41.0 Å². The average Bonchev–Trinajstić information content (AvgIpc) is 3.52. The molecule has 43 heavy (non-hydrogen) atoms. The van der Waals surface area contributed by atoms with Crippen molar-refractivity contribution in [2.45, 2.75) is 56.1 Å². The summed E-state index contributed by atoms with van der Waals surface area (Å²) in [5, 5.41) is 0.470. The van der Waals surface area contributed by atoms with E-state index in [1.807, 2.05) is 0 Å². The van der Waals surface area contributed by atoms with Crippen molar-refractivity contribution in [2.75, 3.05) is 4.90 Å². The summed E-state index contributed by atoms with van der Waals surface area (Å²) in [7, 11) is 0. The molecule has 220 valence electrons. The molecule has 3 heterocycles. The van der Waals surface area contributed by atoms with E-state index < -0.39 is 58.8 Å². The van der Waals surface area contributed by atoms with Crippen molar-refractivity contribution in [3.63, 3.8) is 0 Å². The molecule has 0 N–H and O–H groups in total. The highest BCUT2D eigenvalue weighted by Crippen LogP contribution is 2.60. The lowest BCUT2D eigenvalue weighted by Gasteiger charge is -2.37. The Morgan fingerprint density at radius 1 is 0.814 bits per heavy atom. The van der Waals surface area contributed by atoms with Gasteiger partial charge in [0.05, 0.1) is 23.6 Å². The van der Waals surface area contributed by atoms with Gasteiger partial charge in [-0.05, 0) is 66.4 Å². The van der Waals surface area contributed by atoms with Gasteiger partial charge >= 0.3 is 6.03 Å². The van der Waals surface area contributed by atoms with E-state index in [-0.39, 0.29) is 18.2 Å². The molecule has 7 nitrogen and oxygen atoms in total. The molecule has 3 unspecified atom stereocenters. The minimum absolute atomic E-state index is 0.0233. The molecular weight excluding hydrogens is 576 g/mol. The van der Waals surface area contributed by atoms with Crippen LogP contribution in [0.5, 0.6) is 0 Å². The van der Waals surface area contributed by atoms with Crippen LogP contribution in [0, 0.1) is 23.5 Å². The van der Waals surface area contributed by atoms with Gasteiger partial charge in [0.25, 0.3) is 5.91 Å². The van der Waals surface area contributed by atoms with Crippen LogP contribution in [0.4, 0.5) is 19.3 Å². The molecule has 1 saturated carbocycles. The Hall–Kier alpha value is -4.11. The highest BCUT2D eigenvalue weighted by molar-refractivity contribution is 6.30. The van der Waals surface area contributed by atoms with Gasteiger partial charge in [0.2, 0.25) is 11.8 Å². The third-order valence-electron chi connectivity index (χ3n) is 9.52. The highest BCUT2D eigenvalue weighted by atomic mass is 35.5. The number of imide groups is 2. The fraction of sp³-hybridized carbons (Fsp3) is 0.333. The molecule has 4 fully saturated rings. The van der Waals surface area contributed by atoms with Crippen LogP contribution < -0.4 is 4.90 Å². The summed E-state index contributed by atoms with van der Waals surface area (Å²) < 4.78 is 28.5. The first-order valence-corrected chi connectivity index (χ1v) is 14.9. The van der Waals surface area contributed by atoms with Gasteiger partial charge in [0, 0.05) is 17.5 Å². The molecule has 4 aliphatic rings. The smallest absolute Gasteiger partial charge is 0.300 e. The Kier molecular flexibility index (Phi) is 6.61. The number of nitrogens with zero attached hydrogens (tertiary/aromatic N) is 3. The topological polar surface area (TPSA) is 78.0 Å². The minimum Gasteiger partial charge on any atom is -0.300 e. The maximum absolute atomic E-state index is 14.8. The Balaban J connectivity index is 1.45. The first-order valence-electron chi connectivity index (χ1n) is 14.5. The third-order valence-corrected chi connectivity index (χ3v) is 9.78. The molecule has 3 aromatic carbocycles. The van der Waals surface area contributed by atoms with Crippen LogP contribution >= 0.6 is 11.6 Å². The van der Waals surface area contributed by atoms with E-state index in [0.717, 1.165) is 30.2 Å². The second-order valence-corrected chi connectivity index (χ2v) is 12.3. The summed E-state index contributed by atoms with van der Waals surface area (Å²) in [4.78, 5) is 61.6. The quantitative estimate of drug-likeness (QED) is 0.262. The molecule has 0 bridgehead atoms. The summed E-state index contributed by atoms with van der Waals surface area (Å²) in [6.45, 7) is 0. The summed E-state index contributed by atoms with van der Waals surface area (Å²) in [6, 6.07) is 15.3. The average molecular weight is 604 g/mol. The van der Waals surface area contributed by atoms with E-state index in [4.69, 9.17) is 11.6 Å². The summed E-state index contributed by atoms with van der Waals surface area (Å²) >= 11 is 6.15. The van der Waals surface area contributed by atoms with Crippen LogP contribution in [0.2, 0.25) is 5.02 Å². The molecule has 3 saturated heterocycles.